The van der Waals surface area contributed by atoms with Gasteiger partial charge in [-0.1, -0.05) is 38.1 Å². The third-order valence-electron chi connectivity index (χ3n) is 3.82. The molecule has 0 aliphatic rings. The van der Waals surface area contributed by atoms with Gasteiger partial charge in [0.15, 0.2) is 0 Å². The molecule has 0 saturated carbocycles. The van der Waals surface area contributed by atoms with Gasteiger partial charge in [0.05, 0.1) is 18.3 Å². The molecule has 0 aromatic heterocycles. The van der Waals surface area contributed by atoms with Crippen molar-refractivity contribution in [3.63, 3.8) is 0 Å². The van der Waals surface area contributed by atoms with Crippen molar-refractivity contribution in [2.45, 2.75) is 58.8 Å². The monoisotopic (exact) mass is 293 g/mol. The predicted molar refractivity (Wildman–Crippen MR) is 88.7 cm³/mol. The highest BCUT2D eigenvalue weighted by Gasteiger charge is 2.19. The van der Waals surface area contributed by atoms with E-state index in [0.29, 0.717) is 12.6 Å². The van der Waals surface area contributed by atoms with Gasteiger partial charge in [-0.15, -0.1) is 0 Å². The predicted octanol–water partition coefficient (Wildman–Crippen LogP) is 3.87. The lowest BCUT2D eigenvalue weighted by atomic mass is 10.0. The van der Waals surface area contributed by atoms with Gasteiger partial charge >= 0.3 is 0 Å². The molecule has 1 atom stereocenters. The Labute approximate surface area is 130 Å². The van der Waals surface area contributed by atoms with E-state index in [1.807, 2.05) is 0 Å². The first-order valence-corrected chi connectivity index (χ1v) is 7.81. The molecule has 1 rings (SSSR count). The molecule has 0 amide bonds. The van der Waals surface area contributed by atoms with Crippen molar-refractivity contribution < 1.29 is 9.47 Å². The van der Waals surface area contributed by atoms with Crippen molar-refractivity contribution in [2.75, 3.05) is 20.3 Å². The zero-order valence-electron chi connectivity index (χ0n) is 14.4. The highest BCUT2D eigenvalue weighted by atomic mass is 16.5. The van der Waals surface area contributed by atoms with E-state index in [4.69, 9.17) is 9.47 Å². The number of aryl methyl sites for hydroxylation is 1. The molecule has 0 aliphatic carbocycles. The van der Waals surface area contributed by atoms with Crippen molar-refractivity contribution >= 4 is 0 Å². The second kappa shape index (κ2) is 8.52. The maximum Gasteiger partial charge on any atom is 0.0951 e. The fourth-order valence-electron chi connectivity index (χ4n) is 2.10. The zero-order valence-corrected chi connectivity index (χ0v) is 14.4. The Balaban J connectivity index is 2.67. The van der Waals surface area contributed by atoms with Gasteiger partial charge in [0.25, 0.3) is 0 Å². The normalized spacial score (nSPS) is 13.7. The SMILES string of the molecule is COC(C)(C)CCOC(CNC(C)C)c1ccccc1C. The van der Waals surface area contributed by atoms with Crippen molar-refractivity contribution in [3.05, 3.63) is 35.4 Å². The number of hydrogen-bond acceptors (Lipinski definition) is 3. The van der Waals surface area contributed by atoms with Crippen LogP contribution in [-0.2, 0) is 9.47 Å². The van der Waals surface area contributed by atoms with Crippen LogP contribution in [0.5, 0.6) is 0 Å². The number of methoxy groups -OCH3 is 1. The van der Waals surface area contributed by atoms with Crippen LogP contribution >= 0.6 is 0 Å². The molecule has 0 saturated heterocycles. The van der Waals surface area contributed by atoms with Crippen LogP contribution in [0.1, 0.15) is 51.3 Å². The molecule has 3 heteroatoms. The Kier molecular flexibility index (Phi) is 7.36. The molecule has 0 radical (unpaired) electrons. The summed E-state index contributed by atoms with van der Waals surface area (Å²) in [4.78, 5) is 0. The first-order chi connectivity index (χ1) is 9.85. The van der Waals surface area contributed by atoms with Crippen LogP contribution in [0.15, 0.2) is 24.3 Å². The Morgan fingerprint density at radius 3 is 2.43 bits per heavy atom. The quantitative estimate of drug-likeness (QED) is 0.750. The summed E-state index contributed by atoms with van der Waals surface area (Å²) in [5.41, 5.74) is 2.40. The summed E-state index contributed by atoms with van der Waals surface area (Å²) in [5, 5.41) is 3.48. The van der Waals surface area contributed by atoms with Gasteiger partial charge in [-0.3, -0.25) is 0 Å². The second-order valence-electron chi connectivity index (χ2n) is 6.49. The van der Waals surface area contributed by atoms with Crippen LogP contribution in [0, 0.1) is 6.92 Å². The second-order valence-corrected chi connectivity index (χ2v) is 6.49. The summed E-state index contributed by atoms with van der Waals surface area (Å²) in [6, 6.07) is 8.90. The molecule has 120 valence electrons. The van der Waals surface area contributed by atoms with Crippen LogP contribution in [-0.4, -0.2) is 31.9 Å². The van der Waals surface area contributed by atoms with Gasteiger partial charge in [-0.2, -0.15) is 0 Å². The van der Waals surface area contributed by atoms with E-state index in [1.54, 1.807) is 7.11 Å². The molecule has 1 unspecified atom stereocenters. The molecule has 0 fully saturated rings. The van der Waals surface area contributed by atoms with Crippen molar-refractivity contribution in [1.82, 2.24) is 5.32 Å². The van der Waals surface area contributed by atoms with Crippen LogP contribution in [0.25, 0.3) is 0 Å². The lowest BCUT2D eigenvalue weighted by molar-refractivity contribution is -0.0276. The van der Waals surface area contributed by atoms with E-state index in [9.17, 15) is 0 Å². The maximum absolute atomic E-state index is 6.15. The van der Waals surface area contributed by atoms with E-state index in [1.165, 1.54) is 11.1 Å². The minimum absolute atomic E-state index is 0.0845. The summed E-state index contributed by atoms with van der Waals surface area (Å²) < 4.78 is 11.6. The highest BCUT2D eigenvalue weighted by molar-refractivity contribution is 5.28. The lowest BCUT2D eigenvalue weighted by Crippen LogP contribution is -2.31. The van der Waals surface area contributed by atoms with E-state index >= 15 is 0 Å². The topological polar surface area (TPSA) is 30.5 Å². The van der Waals surface area contributed by atoms with Crippen molar-refractivity contribution in [2.24, 2.45) is 0 Å². The van der Waals surface area contributed by atoms with Crippen LogP contribution < -0.4 is 5.32 Å². The maximum atomic E-state index is 6.15. The molecular weight excluding hydrogens is 262 g/mol. The molecule has 0 bridgehead atoms. The fraction of sp³-hybridized carbons (Fsp3) is 0.667. The Bertz CT molecular complexity index is 415. The van der Waals surface area contributed by atoms with Gasteiger partial charge in [0.1, 0.15) is 0 Å². The number of rotatable bonds is 9. The largest absolute Gasteiger partial charge is 0.379 e. The molecular formula is C18H31NO2. The molecule has 1 N–H and O–H groups in total. The van der Waals surface area contributed by atoms with E-state index in [-0.39, 0.29) is 11.7 Å². The molecule has 3 nitrogen and oxygen atoms in total. The lowest BCUT2D eigenvalue weighted by Gasteiger charge is -2.26. The van der Waals surface area contributed by atoms with Crippen molar-refractivity contribution in [1.29, 1.82) is 0 Å². The molecule has 0 heterocycles. The molecule has 21 heavy (non-hydrogen) atoms. The summed E-state index contributed by atoms with van der Waals surface area (Å²) in [5.74, 6) is 0. The average Bonchev–Trinajstić information content (AvgIpc) is 2.43. The van der Waals surface area contributed by atoms with Crippen LogP contribution in [0.3, 0.4) is 0 Å². The van der Waals surface area contributed by atoms with Crippen molar-refractivity contribution in [3.8, 4) is 0 Å². The first-order valence-electron chi connectivity index (χ1n) is 7.81. The Morgan fingerprint density at radius 1 is 1.19 bits per heavy atom. The zero-order chi connectivity index (χ0) is 15.9. The Hall–Kier alpha value is -0.900. The number of nitrogens with one attached hydrogen (secondary N) is 1. The summed E-state index contributed by atoms with van der Waals surface area (Å²) in [6.07, 6.45) is 0.967. The van der Waals surface area contributed by atoms with Gasteiger partial charge in [0.2, 0.25) is 0 Å². The van der Waals surface area contributed by atoms with Crippen LogP contribution in [0.2, 0.25) is 0 Å². The third kappa shape index (κ3) is 6.60. The minimum atomic E-state index is -0.137. The summed E-state index contributed by atoms with van der Waals surface area (Å²) in [6.45, 7) is 12.2. The van der Waals surface area contributed by atoms with Gasteiger partial charge < -0.3 is 14.8 Å². The standard InChI is InChI=1S/C18H31NO2/c1-14(2)19-13-17(16-10-8-7-9-15(16)3)21-12-11-18(4,5)20-6/h7-10,14,17,19H,11-13H2,1-6H3. The molecule has 1 aromatic carbocycles. The molecule has 1 aromatic rings. The third-order valence-corrected chi connectivity index (χ3v) is 3.82. The molecule has 0 spiro atoms. The van der Waals surface area contributed by atoms with E-state index < -0.39 is 0 Å². The van der Waals surface area contributed by atoms with Gasteiger partial charge in [-0.05, 0) is 38.3 Å². The fourth-order valence-corrected chi connectivity index (χ4v) is 2.10. The minimum Gasteiger partial charge on any atom is -0.379 e. The first kappa shape index (κ1) is 18.1. The summed E-state index contributed by atoms with van der Waals surface area (Å²) >= 11 is 0. The number of ether oxygens (including phenoxy) is 2. The highest BCUT2D eigenvalue weighted by Crippen LogP contribution is 2.22. The number of hydrogen-bond donors (Lipinski definition) is 1. The average molecular weight is 293 g/mol. The number of benzene rings is 1. The molecule has 0 aliphatic heterocycles. The van der Waals surface area contributed by atoms with E-state index in [2.05, 4.69) is 64.2 Å². The smallest absolute Gasteiger partial charge is 0.0951 e. The Morgan fingerprint density at radius 2 is 1.86 bits per heavy atom. The summed E-state index contributed by atoms with van der Waals surface area (Å²) in [7, 11) is 1.75. The van der Waals surface area contributed by atoms with Crippen LogP contribution in [0.4, 0.5) is 0 Å². The van der Waals surface area contributed by atoms with Gasteiger partial charge in [-0.25, -0.2) is 0 Å². The van der Waals surface area contributed by atoms with E-state index in [0.717, 1.165) is 13.0 Å². The van der Waals surface area contributed by atoms with Gasteiger partial charge in [0, 0.05) is 19.7 Å².